The first-order valence-corrected chi connectivity index (χ1v) is 7.19. The molecule has 1 saturated heterocycles. The van der Waals surface area contributed by atoms with Gasteiger partial charge in [-0.3, -0.25) is 9.59 Å². The van der Waals surface area contributed by atoms with Crippen LogP contribution in [0.15, 0.2) is 0 Å². The van der Waals surface area contributed by atoms with Crippen molar-refractivity contribution in [3.8, 4) is 0 Å². The number of likely N-dealkylation sites (N-methyl/N-ethyl adjacent to an activating group) is 1. The maximum atomic E-state index is 11.9. The van der Waals surface area contributed by atoms with Crippen LogP contribution >= 0.6 is 0 Å². The number of nitrogens with one attached hydrogen (secondary N) is 2. The highest BCUT2D eigenvalue weighted by Gasteiger charge is 2.37. The summed E-state index contributed by atoms with van der Waals surface area (Å²) in [7, 11) is -3.96. The Bertz CT molecular complexity index is 422. The Labute approximate surface area is 105 Å². The average molecular weight is 279 g/mol. The number of amides is 1. The molecule has 1 aliphatic rings. The lowest BCUT2D eigenvalue weighted by Crippen LogP contribution is -2.60. The molecular weight excluding hydrogens is 262 g/mol. The zero-order chi connectivity index (χ0) is 13.8. The van der Waals surface area contributed by atoms with Crippen molar-refractivity contribution in [2.24, 2.45) is 0 Å². The Morgan fingerprint density at radius 1 is 1.50 bits per heavy atom. The number of carbonyl (C=O) groups is 2. The summed E-state index contributed by atoms with van der Waals surface area (Å²) in [4.78, 5) is 22.3. The maximum Gasteiger partial charge on any atom is 0.320 e. The van der Waals surface area contributed by atoms with Gasteiger partial charge in [0.2, 0.25) is 15.9 Å². The highest BCUT2D eigenvalue weighted by atomic mass is 32.2. The summed E-state index contributed by atoms with van der Waals surface area (Å²) in [6.45, 7) is 2.79. The third-order valence-electron chi connectivity index (χ3n) is 2.51. The molecule has 1 aliphatic heterocycles. The largest absolute Gasteiger partial charge is 0.480 e. The molecule has 0 aromatic heterocycles. The Kier molecular flexibility index (Phi) is 5.05. The Morgan fingerprint density at radius 3 is 2.72 bits per heavy atom. The number of sulfonamides is 1. The highest BCUT2D eigenvalue weighted by Crippen LogP contribution is 2.11. The van der Waals surface area contributed by atoms with E-state index in [-0.39, 0.29) is 13.1 Å². The molecule has 1 rings (SSSR count). The normalized spacial score (nSPS) is 21.5. The van der Waals surface area contributed by atoms with Crippen LogP contribution in [0.2, 0.25) is 0 Å². The molecule has 1 heterocycles. The lowest BCUT2D eigenvalue weighted by Gasteiger charge is -2.33. The van der Waals surface area contributed by atoms with Crippen molar-refractivity contribution in [2.75, 3.05) is 31.9 Å². The Morgan fingerprint density at radius 2 is 2.17 bits per heavy atom. The molecule has 0 bridgehead atoms. The Hall–Kier alpha value is -1.19. The van der Waals surface area contributed by atoms with Gasteiger partial charge in [0.1, 0.15) is 6.04 Å². The molecule has 1 unspecified atom stereocenters. The molecule has 18 heavy (non-hydrogen) atoms. The molecular formula is C9H17N3O5S. The highest BCUT2D eigenvalue weighted by molar-refractivity contribution is 7.89. The molecule has 0 aromatic carbocycles. The molecule has 0 aliphatic carbocycles. The summed E-state index contributed by atoms with van der Waals surface area (Å²) in [5, 5.41) is 14.0. The number of rotatable bonds is 5. The van der Waals surface area contributed by atoms with Crippen LogP contribution in [0.1, 0.15) is 6.92 Å². The number of nitrogens with zero attached hydrogens (tertiary/aromatic N) is 1. The second-order valence-electron chi connectivity index (χ2n) is 3.88. The topological polar surface area (TPSA) is 116 Å². The first-order valence-electron chi connectivity index (χ1n) is 5.58. The molecule has 1 fully saturated rings. The van der Waals surface area contributed by atoms with Crippen molar-refractivity contribution in [3.05, 3.63) is 0 Å². The molecule has 8 nitrogen and oxygen atoms in total. The molecule has 1 atom stereocenters. The van der Waals surface area contributed by atoms with Crippen molar-refractivity contribution >= 4 is 21.9 Å². The first-order chi connectivity index (χ1) is 8.38. The zero-order valence-electron chi connectivity index (χ0n) is 10.0. The van der Waals surface area contributed by atoms with E-state index in [1.807, 2.05) is 0 Å². The standard InChI is InChI=1S/C9H17N3O5S/c1-2-11-9(15)7-5-10-3-4-12(7)18(16,17)6-8(13)14/h7,10H,2-6H2,1H3,(H,11,15)(H,13,14). The predicted octanol–water partition coefficient (Wildman–Crippen LogP) is -2.19. The van der Waals surface area contributed by atoms with E-state index in [1.54, 1.807) is 6.92 Å². The lowest BCUT2D eigenvalue weighted by molar-refractivity contribution is -0.134. The lowest BCUT2D eigenvalue weighted by atomic mass is 10.2. The molecule has 0 spiro atoms. The average Bonchev–Trinajstić information content (AvgIpc) is 2.27. The Balaban J connectivity index is 2.88. The van der Waals surface area contributed by atoms with Crippen molar-refractivity contribution in [2.45, 2.75) is 13.0 Å². The van der Waals surface area contributed by atoms with Gasteiger partial charge in [-0.05, 0) is 6.92 Å². The third kappa shape index (κ3) is 3.65. The third-order valence-corrected chi connectivity index (χ3v) is 4.27. The number of piperazine rings is 1. The fourth-order valence-electron chi connectivity index (χ4n) is 1.77. The van der Waals surface area contributed by atoms with Crippen molar-refractivity contribution < 1.29 is 23.1 Å². The molecule has 0 aromatic rings. The smallest absolute Gasteiger partial charge is 0.320 e. The number of carboxylic acid groups (broad SMARTS) is 1. The van der Waals surface area contributed by atoms with E-state index < -0.39 is 33.7 Å². The number of hydrogen-bond acceptors (Lipinski definition) is 5. The maximum absolute atomic E-state index is 11.9. The summed E-state index contributed by atoms with van der Waals surface area (Å²) in [6, 6.07) is -0.886. The molecule has 0 saturated carbocycles. The zero-order valence-corrected chi connectivity index (χ0v) is 10.9. The summed E-state index contributed by atoms with van der Waals surface area (Å²) in [6.07, 6.45) is 0. The van der Waals surface area contributed by atoms with Crippen LogP contribution in [0.5, 0.6) is 0 Å². The van der Waals surface area contributed by atoms with Crippen LogP contribution in [-0.2, 0) is 19.6 Å². The quantitative estimate of drug-likeness (QED) is 0.526. The first kappa shape index (κ1) is 14.9. The van der Waals surface area contributed by atoms with Crippen LogP contribution < -0.4 is 10.6 Å². The van der Waals surface area contributed by atoms with Crippen LogP contribution in [0.4, 0.5) is 0 Å². The van der Waals surface area contributed by atoms with E-state index in [0.29, 0.717) is 13.1 Å². The summed E-state index contributed by atoms with van der Waals surface area (Å²) in [5.41, 5.74) is 0. The second-order valence-corrected chi connectivity index (χ2v) is 5.80. The minimum Gasteiger partial charge on any atom is -0.480 e. The van der Waals surface area contributed by atoms with Crippen LogP contribution in [0, 0.1) is 0 Å². The summed E-state index contributed by atoms with van der Waals surface area (Å²) < 4.78 is 24.7. The van der Waals surface area contributed by atoms with Crippen LogP contribution in [0.25, 0.3) is 0 Å². The fraction of sp³-hybridized carbons (Fsp3) is 0.778. The van der Waals surface area contributed by atoms with Gasteiger partial charge in [0.05, 0.1) is 0 Å². The summed E-state index contributed by atoms with van der Waals surface area (Å²) in [5.74, 6) is -2.84. The van der Waals surface area contributed by atoms with Crippen LogP contribution in [-0.4, -0.2) is 67.7 Å². The van der Waals surface area contributed by atoms with Crippen molar-refractivity contribution in [3.63, 3.8) is 0 Å². The van der Waals surface area contributed by atoms with Gasteiger partial charge in [0.15, 0.2) is 5.75 Å². The second kappa shape index (κ2) is 6.12. The number of aliphatic carboxylic acids is 1. The SMILES string of the molecule is CCNC(=O)C1CNCCN1S(=O)(=O)CC(=O)O. The molecule has 1 amide bonds. The van der Waals surface area contributed by atoms with E-state index in [2.05, 4.69) is 10.6 Å². The van der Waals surface area contributed by atoms with Gasteiger partial charge in [0, 0.05) is 26.2 Å². The van der Waals surface area contributed by atoms with E-state index in [4.69, 9.17) is 5.11 Å². The fourth-order valence-corrected chi connectivity index (χ4v) is 3.18. The van der Waals surface area contributed by atoms with Crippen molar-refractivity contribution in [1.82, 2.24) is 14.9 Å². The van der Waals surface area contributed by atoms with Gasteiger partial charge in [-0.1, -0.05) is 0 Å². The van der Waals surface area contributed by atoms with Crippen molar-refractivity contribution in [1.29, 1.82) is 0 Å². The van der Waals surface area contributed by atoms with Gasteiger partial charge >= 0.3 is 5.97 Å². The van der Waals surface area contributed by atoms with Gasteiger partial charge in [-0.25, -0.2) is 8.42 Å². The molecule has 3 N–H and O–H groups in total. The van der Waals surface area contributed by atoms with Gasteiger partial charge in [0.25, 0.3) is 0 Å². The van der Waals surface area contributed by atoms with E-state index in [9.17, 15) is 18.0 Å². The predicted molar refractivity (Wildman–Crippen MR) is 63.5 cm³/mol. The van der Waals surface area contributed by atoms with Gasteiger partial charge < -0.3 is 15.7 Å². The van der Waals surface area contributed by atoms with Gasteiger partial charge in [-0.15, -0.1) is 0 Å². The monoisotopic (exact) mass is 279 g/mol. The van der Waals surface area contributed by atoms with E-state index in [0.717, 1.165) is 4.31 Å². The van der Waals surface area contributed by atoms with Crippen LogP contribution in [0.3, 0.4) is 0 Å². The van der Waals surface area contributed by atoms with E-state index in [1.165, 1.54) is 0 Å². The summed E-state index contributed by atoms with van der Waals surface area (Å²) >= 11 is 0. The number of carbonyl (C=O) groups excluding carboxylic acids is 1. The molecule has 0 radical (unpaired) electrons. The molecule has 9 heteroatoms. The van der Waals surface area contributed by atoms with Gasteiger partial charge in [-0.2, -0.15) is 4.31 Å². The number of carboxylic acids is 1. The number of hydrogen-bond donors (Lipinski definition) is 3. The minimum absolute atomic E-state index is 0.0947. The minimum atomic E-state index is -3.96. The van der Waals surface area contributed by atoms with E-state index >= 15 is 0 Å². The molecule has 104 valence electrons.